The van der Waals surface area contributed by atoms with Gasteiger partial charge in [0.05, 0.1) is 18.4 Å². The van der Waals surface area contributed by atoms with Gasteiger partial charge >= 0.3 is 0 Å². The molecule has 0 bridgehead atoms. The molecular formula is C10H9NO3. The van der Waals surface area contributed by atoms with Gasteiger partial charge in [0.1, 0.15) is 6.29 Å². The monoisotopic (exact) mass is 191 g/mol. The maximum Gasteiger partial charge on any atom is 0.237 e. The Morgan fingerprint density at radius 1 is 1.14 bits per heavy atom. The molecule has 2 unspecified atom stereocenters. The number of imide groups is 1. The molecule has 1 saturated heterocycles. The zero-order chi connectivity index (χ0) is 10.1. The number of amides is 2. The van der Waals surface area contributed by atoms with Gasteiger partial charge in [-0.05, 0) is 0 Å². The third-order valence-corrected chi connectivity index (χ3v) is 2.49. The number of aldehydes is 1. The van der Waals surface area contributed by atoms with Crippen LogP contribution in [0.2, 0.25) is 0 Å². The number of carbonyl (C=O) groups excluding carboxylic acids is 3. The van der Waals surface area contributed by atoms with Crippen LogP contribution >= 0.6 is 0 Å². The topological polar surface area (TPSA) is 54.5 Å². The molecule has 2 rings (SSSR count). The largest absolute Gasteiger partial charge is 0.301 e. The van der Waals surface area contributed by atoms with Crippen LogP contribution in [0.3, 0.4) is 0 Å². The van der Waals surface area contributed by atoms with E-state index in [9.17, 15) is 14.4 Å². The first kappa shape index (κ1) is 8.87. The van der Waals surface area contributed by atoms with Crippen LogP contribution in [0.1, 0.15) is 0 Å². The third-order valence-electron chi connectivity index (χ3n) is 2.49. The highest BCUT2D eigenvalue weighted by Gasteiger charge is 2.45. The molecule has 1 aliphatic heterocycles. The number of carbonyl (C=O) groups is 3. The van der Waals surface area contributed by atoms with Gasteiger partial charge in [0.25, 0.3) is 0 Å². The Bertz CT molecular complexity index is 326. The van der Waals surface area contributed by atoms with Crippen molar-refractivity contribution in [2.24, 2.45) is 11.8 Å². The van der Waals surface area contributed by atoms with E-state index in [1.165, 1.54) is 0 Å². The smallest absolute Gasteiger partial charge is 0.237 e. The summed E-state index contributed by atoms with van der Waals surface area (Å²) in [4.78, 5) is 34.5. The molecule has 4 nitrogen and oxygen atoms in total. The lowest BCUT2D eigenvalue weighted by molar-refractivity contribution is -0.141. The molecule has 0 aromatic rings. The van der Waals surface area contributed by atoms with E-state index in [1.54, 1.807) is 24.3 Å². The summed E-state index contributed by atoms with van der Waals surface area (Å²) in [6.07, 6.45) is 7.47. The van der Waals surface area contributed by atoms with Crippen LogP contribution in [0.25, 0.3) is 0 Å². The Labute approximate surface area is 80.9 Å². The van der Waals surface area contributed by atoms with Gasteiger partial charge in [0.2, 0.25) is 11.8 Å². The van der Waals surface area contributed by atoms with E-state index in [2.05, 4.69) is 0 Å². The highest BCUT2D eigenvalue weighted by atomic mass is 16.2. The van der Waals surface area contributed by atoms with Crippen molar-refractivity contribution in [3.63, 3.8) is 0 Å². The van der Waals surface area contributed by atoms with Crippen LogP contribution in [-0.4, -0.2) is 29.5 Å². The molecule has 1 aliphatic carbocycles. The van der Waals surface area contributed by atoms with E-state index in [4.69, 9.17) is 0 Å². The predicted octanol–water partition coefficient (Wildman–Crippen LogP) is -0.0875. The van der Waals surface area contributed by atoms with Crippen LogP contribution in [0.4, 0.5) is 0 Å². The molecule has 1 heterocycles. The van der Waals surface area contributed by atoms with E-state index in [-0.39, 0.29) is 18.4 Å². The maximum absolute atomic E-state index is 11.6. The van der Waals surface area contributed by atoms with Gasteiger partial charge in [0, 0.05) is 0 Å². The highest BCUT2D eigenvalue weighted by molar-refractivity contribution is 6.08. The van der Waals surface area contributed by atoms with Crippen molar-refractivity contribution in [1.29, 1.82) is 0 Å². The minimum Gasteiger partial charge on any atom is -0.301 e. The van der Waals surface area contributed by atoms with Crippen LogP contribution in [0.15, 0.2) is 24.3 Å². The minimum absolute atomic E-state index is 0.133. The third kappa shape index (κ3) is 1.11. The zero-order valence-corrected chi connectivity index (χ0v) is 7.42. The van der Waals surface area contributed by atoms with Gasteiger partial charge in [-0.2, -0.15) is 0 Å². The van der Waals surface area contributed by atoms with Crippen LogP contribution < -0.4 is 0 Å². The van der Waals surface area contributed by atoms with Gasteiger partial charge in [-0.3, -0.25) is 14.5 Å². The number of hydrogen-bond donors (Lipinski definition) is 0. The molecular weight excluding hydrogens is 182 g/mol. The van der Waals surface area contributed by atoms with E-state index in [0.29, 0.717) is 6.29 Å². The number of rotatable bonds is 2. The standard InChI is InChI=1S/C10H9NO3/c12-6-5-11-9(13)7-3-1-2-4-8(7)10(11)14/h1-4,6-8H,5H2. The van der Waals surface area contributed by atoms with Crippen molar-refractivity contribution in [2.75, 3.05) is 6.54 Å². The summed E-state index contributed by atoms with van der Waals surface area (Å²) in [5.41, 5.74) is 0. The summed E-state index contributed by atoms with van der Waals surface area (Å²) >= 11 is 0. The molecule has 2 aliphatic rings. The van der Waals surface area contributed by atoms with Crippen LogP contribution in [-0.2, 0) is 14.4 Å². The second-order valence-electron chi connectivity index (χ2n) is 3.28. The summed E-state index contributed by atoms with van der Waals surface area (Å²) < 4.78 is 0. The molecule has 0 spiro atoms. The van der Waals surface area contributed by atoms with Crippen molar-refractivity contribution in [1.82, 2.24) is 4.90 Å². The fourth-order valence-electron chi connectivity index (χ4n) is 1.80. The van der Waals surface area contributed by atoms with Gasteiger partial charge < -0.3 is 4.79 Å². The predicted molar refractivity (Wildman–Crippen MR) is 48.0 cm³/mol. The van der Waals surface area contributed by atoms with Gasteiger partial charge in [-0.15, -0.1) is 0 Å². The van der Waals surface area contributed by atoms with Crippen molar-refractivity contribution >= 4 is 18.1 Å². The molecule has 0 aromatic carbocycles. The number of allylic oxidation sites excluding steroid dienone is 2. The maximum atomic E-state index is 11.6. The molecule has 2 atom stereocenters. The van der Waals surface area contributed by atoms with E-state index < -0.39 is 11.8 Å². The van der Waals surface area contributed by atoms with Gasteiger partial charge in [0.15, 0.2) is 0 Å². The average Bonchev–Trinajstić information content (AvgIpc) is 2.45. The first-order valence-corrected chi connectivity index (χ1v) is 4.39. The first-order chi connectivity index (χ1) is 6.75. The lowest BCUT2D eigenvalue weighted by Crippen LogP contribution is -2.32. The van der Waals surface area contributed by atoms with Crippen LogP contribution in [0.5, 0.6) is 0 Å². The molecule has 0 saturated carbocycles. The minimum atomic E-state index is -0.396. The van der Waals surface area contributed by atoms with E-state index in [1.807, 2.05) is 0 Å². The average molecular weight is 191 g/mol. The normalized spacial score (nSPS) is 29.6. The fraction of sp³-hybridized carbons (Fsp3) is 0.300. The van der Waals surface area contributed by atoms with E-state index in [0.717, 1.165) is 4.90 Å². The second-order valence-corrected chi connectivity index (χ2v) is 3.28. The van der Waals surface area contributed by atoms with Crippen LogP contribution in [0, 0.1) is 11.8 Å². The summed E-state index contributed by atoms with van der Waals surface area (Å²) in [6, 6.07) is 0. The van der Waals surface area contributed by atoms with Gasteiger partial charge in [-0.1, -0.05) is 24.3 Å². The Morgan fingerprint density at radius 2 is 1.64 bits per heavy atom. The Kier molecular flexibility index (Phi) is 2.04. The molecule has 1 fully saturated rings. The Morgan fingerprint density at radius 3 is 2.07 bits per heavy atom. The molecule has 14 heavy (non-hydrogen) atoms. The lowest BCUT2D eigenvalue weighted by Gasteiger charge is -2.08. The molecule has 0 aromatic heterocycles. The molecule has 2 amide bonds. The second kappa shape index (κ2) is 3.21. The summed E-state index contributed by atoms with van der Waals surface area (Å²) in [5, 5.41) is 0. The van der Waals surface area contributed by atoms with Crippen molar-refractivity contribution < 1.29 is 14.4 Å². The molecule has 0 radical (unpaired) electrons. The quantitative estimate of drug-likeness (QED) is 0.453. The number of likely N-dealkylation sites (tertiary alicyclic amines) is 1. The molecule has 4 heteroatoms. The lowest BCUT2D eigenvalue weighted by atomic mass is 9.91. The van der Waals surface area contributed by atoms with Crippen molar-refractivity contribution in [2.45, 2.75) is 0 Å². The fourth-order valence-corrected chi connectivity index (χ4v) is 1.80. The summed E-state index contributed by atoms with van der Waals surface area (Å²) in [7, 11) is 0. The Hall–Kier alpha value is -1.71. The highest BCUT2D eigenvalue weighted by Crippen LogP contribution is 2.30. The number of fused-ring (bicyclic) bond motifs is 1. The number of nitrogens with zero attached hydrogens (tertiary/aromatic N) is 1. The van der Waals surface area contributed by atoms with Gasteiger partial charge in [-0.25, -0.2) is 0 Å². The first-order valence-electron chi connectivity index (χ1n) is 4.39. The number of hydrogen-bond acceptors (Lipinski definition) is 3. The van der Waals surface area contributed by atoms with Crippen molar-refractivity contribution in [3.8, 4) is 0 Å². The Balaban J connectivity index is 2.30. The SMILES string of the molecule is O=CCN1C(=O)C2C=CC=CC2C1=O. The van der Waals surface area contributed by atoms with Crippen molar-refractivity contribution in [3.05, 3.63) is 24.3 Å². The van der Waals surface area contributed by atoms with E-state index >= 15 is 0 Å². The summed E-state index contributed by atoms with van der Waals surface area (Å²) in [5.74, 6) is -1.33. The molecule has 0 N–H and O–H groups in total. The summed E-state index contributed by atoms with van der Waals surface area (Å²) in [6.45, 7) is -0.133. The zero-order valence-electron chi connectivity index (χ0n) is 7.42. The molecule has 72 valence electrons.